The van der Waals surface area contributed by atoms with E-state index in [0.29, 0.717) is 11.8 Å². The van der Waals surface area contributed by atoms with Crippen LogP contribution >= 0.6 is 21.6 Å². The molecule has 0 saturated carbocycles. The lowest BCUT2D eigenvalue weighted by molar-refractivity contribution is 0.260. The molecule has 1 heterocycles. The van der Waals surface area contributed by atoms with Gasteiger partial charge in [-0.2, -0.15) is 0 Å². The highest BCUT2D eigenvalue weighted by molar-refractivity contribution is 8.87. The van der Waals surface area contributed by atoms with E-state index in [4.69, 9.17) is 4.74 Å². The maximum absolute atomic E-state index is 11.7. The largest absolute Gasteiger partial charge is 0.472 e. The van der Waals surface area contributed by atoms with Crippen LogP contribution in [0.4, 0.5) is 4.79 Å². The Morgan fingerprint density at radius 3 is 2.95 bits per heavy atom. The van der Waals surface area contributed by atoms with Gasteiger partial charge in [-0.1, -0.05) is 32.6 Å². The smallest absolute Gasteiger partial charge is 0.290 e. The van der Waals surface area contributed by atoms with Gasteiger partial charge >= 0.3 is 0 Å². The molecule has 1 aliphatic rings. The minimum atomic E-state index is -0.00216. The quantitative estimate of drug-likeness (QED) is 0.594. The van der Waals surface area contributed by atoms with Gasteiger partial charge in [0.05, 0.1) is 6.61 Å². The lowest BCUT2D eigenvalue weighted by Gasteiger charge is -2.07. The number of carbonyl (C=O) groups excluding carboxylic acids is 1. The zero-order chi connectivity index (χ0) is 14.5. The zero-order valence-corrected chi connectivity index (χ0v) is 14.0. The molecular weight excluding hydrogens is 292 g/mol. The monoisotopic (exact) mass is 318 g/mol. The van der Waals surface area contributed by atoms with Gasteiger partial charge in [0.25, 0.3) is 10.5 Å². The maximum Gasteiger partial charge on any atom is 0.290 e. The van der Waals surface area contributed by atoms with Crippen molar-refractivity contribution < 1.29 is 9.53 Å². The van der Waals surface area contributed by atoms with E-state index in [1.54, 1.807) is 0 Å². The van der Waals surface area contributed by atoms with Gasteiger partial charge in [0, 0.05) is 34.7 Å². The number of hydrogen-bond acceptors (Lipinski definition) is 5. The van der Waals surface area contributed by atoms with E-state index in [1.807, 2.05) is 0 Å². The fourth-order valence-corrected chi connectivity index (χ4v) is 3.34. The molecule has 116 valence electrons. The van der Waals surface area contributed by atoms with Gasteiger partial charge in [0.15, 0.2) is 0 Å². The van der Waals surface area contributed by atoms with Crippen molar-refractivity contribution in [2.24, 2.45) is 4.99 Å². The summed E-state index contributed by atoms with van der Waals surface area (Å²) in [5.74, 6) is 0. The Kier molecular flexibility index (Phi) is 11.0. The molecule has 20 heavy (non-hydrogen) atoms. The third kappa shape index (κ3) is 9.53. The van der Waals surface area contributed by atoms with Crippen LogP contribution in [0.1, 0.15) is 58.3 Å². The molecule has 0 saturated heterocycles. The molecule has 0 atom stereocenters. The number of amides is 1. The number of rotatable bonds is 5. The van der Waals surface area contributed by atoms with Crippen LogP contribution in [0.15, 0.2) is 4.99 Å². The highest BCUT2D eigenvalue weighted by Gasteiger charge is 2.09. The first-order chi connectivity index (χ1) is 9.83. The normalized spacial score (nSPS) is 18.9. The Hall–Kier alpha value is -0.360. The Bertz CT molecular complexity index is 299. The number of ether oxygens (including phenoxy) is 1. The van der Waals surface area contributed by atoms with Crippen LogP contribution in [-0.2, 0) is 4.74 Å². The van der Waals surface area contributed by atoms with Crippen LogP contribution in [0.25, 0.3) is 0 Å². The molecule has 0 unspecified atom stereocenters. The summed E-state index contributed by atoms with van der Waals surface area (Å²) in [5, 5.41) is 3.56. The molecule has 1 amide bonds. The summed E-state index contributed by atoms with van der Waals surface area (Å²) in [7, 11) is 2.52. The van der Waals surface area contributed by atoms with Gasteiger partial charge in [0.2, 0.25) is 0 Å². The molecular formula is C14H26N2O2S2. The molecule has 0 aliphatic carbocycles. The maximum atomic E-state index is 11.7. The summed E-state index contributed by atoms with van der Waals surface area (Å²) in [6.45, 7) is 4.47. The fraction of sp³-hybridized carbons (Fsp3) is 0.857. The number of unbranched alkanes of at least 4 members (excludes halogenated alkanes) is 3. The summed E-state index contributed by atoms with van der Waals surface area (Å²) in [6, 6.07) is 0. The summed E-state index contributed by atoms with van der Waals surface area (Å²) in [6.07, 6.45) is 9.31. The molecule has 1 rings (SSSR count). The number of hydrogen-bond donors (Lipinski definition) is 1. The first-order valence-corrected chi connectivity index (χ1v) is 9.77. The van der Waals surface area contributed by atoms with Crippen molar-refractivity contribution >= 4 is 32.1 Å². The molecule has 1 aliphatic heterocycles. The Balaban J connectivity index is 2.11. The summed E-state index contributed by atoms with van der Waals surface area (Å²) in [5.41, 5.74) is 0. The predicted octanol–water partition coefficient (Wildman–Crippen LogP) is 4.60. The van der Waals surface area contributed by atoms with E-state index in [0.717, 1.165) is 32.4 Å². The summed E-state index contributed by atoms with van der Waals surface area (Å²) >= 11 is 0. The summed E-state index contributed by atoms with van der Waals surface area (Å²) < 4.78 is 5.58. The molecule has 0 aromatic rings. The molecule has 4 nitrogen and oxygen atoms in total. The lowest BCUT2D eigenvalue weighted by Crippen LogP contribution is -2.19. The van der Waals surface area contributed by atoms with Crippen molar-refractivity contribution in [3.8, 4) is 0 Å². The first kappa shape index (κ1) is 17.7. The highest BCUT2D eigenvalue weighted by Crippen LogP contribution is 2.25. The van der Waals surface area contributed by atoms with E-state index in [1.165, 1.54) is 53.7 Å². The Morgan fingerprint density at radius 1 is 1.25 bits per heavy atom. The van der Waals surface area contributed by atoms with Crippen molar-refractivity contribution in [3.63, 3.8) is 0 Å². The van der Waals surface area contributed by atoms with Gasteiger partial charge in [0.1, 0.15) is 0 Å². The van der Waals surface area contributed by atoms with Crippen LogP contribution in [-0.4, -0.2) is 30.2 Å². The van der Waals surface area contributed by atoms with Crippen molar-refractivity contribution in [3.05, 3.63) is 0 Å². The molecule has 0 fully saturated rings. The minimum Gasteiger partial charge on any atom is -0.472 e. The number of aliphatic imine (C=N–C) groups is 1. The average Bonchev–Trinajstić information content (AvgIpc) is 2.58. The topological polar surface area (TPSA) is 50.7 Å². The van der Waals surface area contributed by atoms with Gasteiger partial charge in [-0.3, -0.25) is 4.79 Å². The molecule has 0 aromatic carbocycles. The third-order valence-corrected chi connectivity index (χ3v) is 4.91. The van der Waals surface area contributed by atoms with E-state index < -0.39 is 0 Å². The Labute approximate surface area is 130 Å². The van der Waals surface area contributed by atoms with E-state index in [-0.39, 0.29) is 5.24 Å². The van der Waals surface area contributed by atoms with Crippen LogP contribution in [0.2, 0.25) is 0 Å². The lowest BCUT2D eigenvalue weighted by atomic mass is 10.2. The van der Waals surface area contributed by atoms with E-state index in [9.17, 15) is 4.79 Å². The van der Waals surface area contributed by atoms with Crippen molar-refractivity contribution in [1.29, 1.82) is 0 Å². The predicted molar refractivity (Wildman–Crippen MR) is 89.4 cm³/mol. The first-order valence-electron chi connectivity index (χ1n) is 7.62. The van der Waals surface area contributed by atoms with E-state index >= 15 is 0 Å². The second-order valence-electron chi connectivity index (χ2n) is 4.85. The van der Waals surface area contributed by atoms with Crippen LogP contribution in [0, 0.1) is 0 Å². The van der Waals surface area contributed by atoms with Crippen molar-refractivity contribution in [1.82, 2.24) is 5.32 Å². The zero-order valence-electron chi connectivity index (χ0n) is 12.4. The van der Waals surface area contributed by atoms with Crippen molar-refractivity contribution in [2.75, 3.05) is 19.7 Å². The van der Waals surface area contributed by atoms with Gasteiger partial charge < -0.3 is 10.1 Å². The van der Waals surface area contributed by atoms with Crippen LogP contribution in [0.5, 0.6) is 0 Å². The highest BCUT2D eigenvalue weighted by atomic mass is 33.1. The second kappa shape index (κ2) is 12.4. The fourth-order valence-electron chi connectivity index (χ4n) is 1.84. The van der Waals surface area contributed by atoms with Gasteiger partial charge in [-0.15, -0.1) is 0 Å². The molecule has 1 N–H and O–H groups in total. The summed E-state index contributed by atoms with van der Waals surface area (Å²) in [4.78, 5) is 16.1. The number of nitrogens with zero attached hydrogens (tertiary/aromatic N) is 1. The van der Waals surface area contributed by atoms with Gasteiger partial charge in [-0.25, -0.2) is 4.99 Å². The molecule has 6 heteroatoms. The SMILES string of the molecule is CCCCCCNC(=O)SS/C1=N/CCCCCCO1. The number of carbonyl (C=O) groups is 1. The minimum absolute atomic E-state index is 0.00216. The van der Waals surface area contributed by atoms with Crippen LogP contribution < -0.4 is 5.32 Å². The van der Waals surface area contributed by atoms with Crippen molar-refractivity contribution in [2.45, 2.75) is 58.3 Å². The number of nitrogens with one attached hydrogen (secondary N) is 1. The van der Waals surface area contributed by atoms with Gasteiger partial charge in [-0.05, 0) is 25.7 Å². The molecule has 0 spiro atoms. The molecule has 0 aromatic heterocycles. The van der Waals surface area contributed by atoms with Crippen LogP contribution in [0.3, 0.4) is 0 Å². The third-order valence-electron chi connectivity index (χ3n) is 3.01. The Morgan fingerprint density at radius 2 is 2.10 bits per heavy atom. The van der Waals surface area contributed by atoms with E-state index in [2.05, 4.69) is 17.2 Å². The molecule has 0 bridgehead atoms. The molecule has 0 radical (unpaired) electrons. The second-order valence-corrected chi connectivity index (χ2v) is 6.91. The average molecular weight is 319 g/mol. The standard InChI is InChI=1S/C14H26N2O2S2/c1-2-3-4-7-10-15-13(17)19-20-14-16-11-8-5-6-9-12-18-14/h2-12H2,1H3,(H,15,17)/b16-14+.